The lowest BCUT2D eigenvalue weighted by Gasteiger charge is -2.17. The maximum absolute atomic E-state index is 12.4. The van der Waals surface area contributed by atoms with Gasteiger partial charge in [-0.2, -0.15) is 5.10 Å². The molecule has 0 aliphatic heterocycles. The zero-order chi connectivity index (χ0) is 25.7. The quantitative estimate of drug-likeness (QED) is 0.245. The Morgan fingerprint density at radius 3 is 2.62 bits per heavy atom. The van der Waals surface area contributed by atoms with Crippen LogP contribution in [0.1, 0.15) is 20.8 Å². The summed E-state index contributed by atoms with van der Waals surface area (Å²) in [5.41, 5.74) is 5.90. The molecule has 37 heavy (non-hydrogen) atoms. The number of aromatic nitrogens is 7. The molecule has 0 unspecified atom stereocenters. The predicted octanol–water partition coefficient (Wildman–Crippen LogP) is 6.32. The van der Waals surface area contributed by atoms with Gasteiger partial charge < -0.3 is 10.3 Å². The van der Waals surface area contributed by atoms with Crippen LogP contribution in [0.4, 0.5) is 5.69 Å². The molecule has 0 aromatic carbocycles. The summed E-state index contributed by atoms with van der Waals surface area (Å²) in [4.78, 5) is 35.2. The van der Waals surface area contributed by atoms with Crippen molar-refractivity contribution in [3.05, 3.63) is 59.3 Å². The van der Waals surface area contributed by atoms with Gasteiger partial charge in [-0.1, -0.05) is 32.4 Å². The summed E-state index contributed by atoms with van der Waals surface area (Å²) < 4.78 is 0.691. The molecule has 3 N–H and O–H groups in total. The monoisotopic (exact) mass is 528 g/mol. The average molecular weight is 529 g/mol. The van der Waals surface area contributed by atoms with E-state index >= 15 is 0 Å². The van der Waals surface area contributed by atoms with Crippen LogP contribution in [0.5, 0.6) is 0 Å². The SMILES string of the molecule is CC(C)(C)C(=O)Nc1cncc(-c2ccc3[nH]nc(-c4nc5c(-c6ccc(Cl)s6)nccc5[nH]4)c3n2)c1. The van der Waals surface area contributed by atoms with Crippen LogP contribution in [0.15, 0.2) is 55.0 Å². The Labute approximate surface area is 220 Å². The summed E-state index contributed by atoms with van der Waals surface area (Å²) in [6.45, 7) is 5.59. The van der Waals surface area contributed by atoms with Crippen molar-refractivity contribution in [2.45, 2.75) is 20.8 Å². The number of fused-ring (bicyclic) bond motifs is 2. The topological polar surface area (TPSA) is 125 Å². The maximum atomic E-state index is 12.4. The Kier molecular flexibility index (Phi) is 5.50. The number of hydrogen-bond acceptors (Lipinski definition) is 7. The minimum atomic E-state index is -0.517. The second-order valence-corrected chi connectivity index (χ2v) is 11.3. The van der Waals surface area contributed by atoms with Gasteiger partial charge in [-0.25, -0.2) is 9.97 Å². The van der Waals surface area contributed by atoms with Crippen LogP contribution in [0, 0.1) is 5.41 Å². The Morgan fingerprint density at radius 1 is 1.00 bits per heavy atom. The van der Waals surface area contributed by atoms with Crippen molar-refractivity contribution in [3.8, 4) is 33.3 Å². The highest BCUT2D eigenvalue weighted by Crippen LogP contribution is 2.35. The lowest BCUT2D eigenvalue weighted by atomic mass is 9.95. The molecule has 0 spiro atoms. The van der Waals surface area contributed by atoms with E-state index in [1.807, 2.05) is 57.2 Å². The molecule has 0 aliphatic carbocycles. The Morgan fingerprint density at radius 2 is 1.84 bits per heavy atom. The number of H-pyrrole nitrogens is 2. The number of aromatic amines is 2. The summed E-state index contributed by atoms with van der Waals surface area (Å²) in [6.07, 6.45) is 5.08. The molecule has 0 radical (unpaired) electrons. The summed E-state index contributed by atoms with van der Waals surface area (Å²) in [5.74, 6) is 0.489. The number of nitrogens with one attached hydrogen (secondary N) is 3. The van der Waals surface area contributed by atoms with E-state index in [1.54, 1.807) is 18.6 Å². The minimum absolute atomic E-state index is 0.0875. The number of pyridine rings is 3. The molecule has 0 aliphatic rings. The summed E-state index contributed by atoms with van der Waals surface area (Å²) in [5, 5.41) is 10.5. The van der Waals surface area contributed by atoms with Crippen LogP contribution in [-0.2, 0) is 4.79 Å². The van der Waals surface area contributed by atoms with Gasteiger partial charge in [0, 0.05) is 23.4 Å². The van der Waals surface area contributed by atoms with Crippen LogP contribution in [0.25, 0.3) is 55.4 Å². The third-order valence-electron chi connectivity index (χ3n) is 5.81. The van der Waals surface area contributed by atoms with E-state index in [0.717, 1.165) is 32.7 Å². The third-order valence-corrected chi connectivity index (χ3v) is 7.05. The molecular weight excluding hydrogens is 508 g/mol. The maximum Gasteiger partial charge on any atom is 0.229 e. The fraction of sp³-hybridized carbons (Fsp3) is 0.154. The van der Waals surface area contributed by atoms with E-state index in [1.165, 1.54) is 11.3 Å². The summed E-state index contributed by atoms with van der Waals surface area (Å²) in [6, 6.07) is 11.3. The zero-order valence-electron chi connectivity index (χ0n) is 20.1. The van der Waals surface area contributed by atoms with E-state index in [2.05, 4.69) is 30.5 Å². The van der Waals surface area contributed by atoms with Gasteiger partial charge in [-0.3, -0.25) is 19.9 Å². The molecule has 0 saturated heterocycles. The Bertz CT molecular complexity index is 1800. The van der Waals surface area contributed by atoms with Crippen molar-refractivity contribution >= 4 is 56.6 Å². The zero-order valence-corrected chi connectivity index (χ0v) is 21.7. The molecular formula is C26H21ClN8OS. The molecule has 1 amide bonds. The van der Waals surface area contributed by atoms with Crippen molar-refractivity contribution < 1.29 is 4.79 Å². The highest BCUT2D eigenvalue weighted by Gasteiger charge is 2.22. The molecule has 0 saturated carbocycles. The Hall–Kier alpha value is -4.15. The second-order valence-electron chi connectivity index (χ2n) is 9.58. The van der Waals surface area contributed by atoms with Crippen molar-refractivity contribution in [2.75, 3.05) is 5.32 Å². The molecule has 11 heteroatoms. The van der Waals surface area contributed by atoms with Crippen LogP contribution >= 0.6 is 22.9 Å². The molecule has 0 fully saturated rings. The number of carbonyl (C=O) groups is 1. The largest absolute Gasteiger partial charge is 0.336 e. The first-order valence-corrected chi connectivity index (χ1v) is 12.7. The molecule has 6 heterocycles. The van der Waals surface area contributed by atoms with Gasteiger partial charge in [-0.15, -0.1) is 11.3 Å². The van der Waals surface area contributed by atoms with E-state index in [9.17, 15) is 4.79 Å². The first-order valence-electron chi connectivity index (χ1n) is 11.5. The van der Waals surface area contributed by atoms with Gasteiger partial charge in [0.2, 0.25) is 5.91 Å². The molecule has 184 valence electrons. The van der Waals surface area contributed by atoms with E-state index < -0.39 is 5.41 Å². The van der Waals surface area contributed by atoms with E-state index in [0.29, 0.717) is 32.8 Å². The molecule has 0 atom stereocenters. The number of amides is 1. The molecule has 6 aromatic heterocycles. The number of nitrogens with zero attached hydrogens (tertiary/aromatic N) is 5. The van der Waals surface area contributed by atoms with Crippen molar-refractivity contribution in [2.24, 2.45) is 5.41 Å². The van der Waals surface area contributed by atoms with Crippen LogP contribution < -0.4 is 5.32 Å². The summed E-state index contributed by atoms with van der Waals surface area (Å²) in [7, 11) is 0. The van der Waals surface area contributed by atoms with Gasteiger partial charge in [0.15, 0.2) is 11.5 Å². The van der Waals surface area contributed by atoms with Gasteiger partial charge in [-0.05, 0) is 36.4 Å². The highest BCUT2D eigenvalue weighted by atomic mass is 35.5. The normalized spacial score (nSPS) is 11.9. The second kappa shape index (κ2) is 8.75. The number of rotatable bonds is 4. The number of anilines is 1. The van der Waals surface area contributed by atoms with Gasteiger partial charge >= 0.3 is 0 Å². The number of carbonyl (C=O) groups excluding carboxylic acids is 1. The van der Waals surface area contributed by atoms with Crippen LogP contribution in [0.3, 0.4) is 0 Å². The number of hydrogen-bond donors (Lipinski definition) is 3. The first kappa shape index (κ1) is 23.3. The highest BCUT2D eigenvalue weighted by molar-refractivity contribution is 7.19. The van der Waals surface area contributed by atoms with Crippen molar-refractivity contribution in [3.63, 3.8) is 0 Å². The standard InChI is InChI=1S/C26H21ClN8OS/c1-26(2,3)25(36)30-14-10-13(11-28-12-14)15-4-5-17-21(31-15)23(35-34-17)24-32-16-8-9-29-22(20(16)33-24)18-6-7-19(27)37-18/h4-12H,1-3H3,(H,30,36)(H,32,33)(H,34,35). The fourth-order valence-electron chi connectivity index (χ4n) is 3.86. The van der Waals surface area contributed by atoms with Gasteiger partial charge in [0.25, 0.3) is 0 Å². The number of imidazole rings is 1. The van der Waals surface area contributed by atoms with E-state index in [-0.39, 0.29) is 5.91 Å². The minimum Gasteiger partial charge on any atom is -0.336 e. The van der Waals surface area contributed by atoms with Crippen molar-refractivity contribution in [1.29, 1.82) is 0 Å². The summed E-state index contributed by atoms with van der Waals surface area (Å²) >= 11 is 7.60. The fourth-order valence-corrected chi connectivity index (χ4v) is 4.90. The number of halogens is 1. The average Bonchev–Trinajstić information content (AvgIpc) is 3.60. The van der Waals surface area contributed by atoms with Gasteiger partial charge in [0.1, 0.15) is 16.7 Å². The Balaban J connectivity index is 1.40. The number of thiophene rings is 1. The predicted molar refractivity (Wildman–Crippen MR) is 146 cm³/mol. The lowest BCUT2D eigenvalue weighted by molar-refractivity contribution is -0.123. The first-order chi connectivity index (χ1) is 17.8. The molecule has 6 aromatic rings. The van der Waals surface area contributed by atoms with Crippen LogP contribution in [-0.4, -0.2) is 41.0 Å². The molecule has 6 rings (SSSR count). The molecule has 9 nitrogen and oxygen atoms in total. The van der Waals surface area contributed by atoms with Gasteiger partial charge in [0.05, 0.1) is 37.8 Å². The lowest BCUT2D eigenvalue weighted by Crippen LogP contribution is -2.27. The van der Waals surface area contributed by atoms with Crippen molar-refractivity contribution in [1.82, 2.24) is 35.1 Å². The molecule has 0 bridgehead atoms. The van der Waals surface area contributed by atoms with E-state index in [4.69, 9.17) is 21.6 Å². The van der Waals surface area contributed by atoms with Crippen LogP contribution in [0.2, 0.25) is 4.34 Å². The third kappa shape index (κ3) is 4.34. The smallest absolute Gasteiger partial charge is 0.229 e.